The summed E-state index contributed by atoms with van der Waals surface area (Å²) >= 11 is 0. The zero-order valence-corrected chi connectivity index (χ0v) is 41.5. The summed E-state index contributed by atoms with van der Waals surface area (Å²) in [7, 11) is 0. The van der Waals surface area contributed by atoms with Crippen molar-refractivity contribution in [2.75, 3.05) is 13.2 Å². The molecule has 0 amide bonds. The SMILES string of the molecule is CC/C=C/C/C=C/C/C=C/C/C=C/CCCCCCCCC(=O)OCC(COC(=O)CC/C=C/C/C=C/CCCCCCCC)OC(=O)CCCCCCCCC/C=C/C/C=C/CC. The number of hydrogen-bond acceptors (Lipinski definition) is 6. The number of esters is 3. The van der Waals surface area contributed by atoms with Crippen LogP contribution in [-0.2, 0) is 28.6 Å². The highest BCUT2D eigenvalue weighted by Crippen LogP contribution is 2.13. The van der Waals surface area contributed by atoms with Crippen LogP contribution in [0.1, 0.15) is 233 Å². The van der Waals surface area contributed by atoms with Gasteiger partial charge in [-0.25, -0.2) is 0 Å². The fraction of sp³-hybridized carbons (Fsp3) is 0.672. The van der Waals surface area contributed by atoms with E-state index in [9.17, 15) is 14.4 Å². The standard InChI is InChI=1S/C58H96O6/c1-4-7-10-13-16-19-22-25-27-28-29-30-31-34-36-39-42-45-48-51-57(60)63-54-55(53-62-56(59)50-47-44-41-38-35-32-24-21-18-15-12-9-6-3)64-58(61)52-49-46-43-40-37-33-26-23-20-17-14-11-8-5-2/h7-8,10-11,16-17,19-20,25,27,29-30,32,35,41,44,55H,4-6,9,12-15,18,21-24,26,28,31,33-34,36-40,42-43,45-54H2,1-3H3/b10-7+,11-8+,19-16+,20-17+,27-25+,30-29+,35-32+,44-41+. The molecule has 0 rings (SSSR count). The zero-order chi connectivity index (χ0) is 46.5. The van der Waals surface area contributed by atoms with Gasteiger partial charge in [0.05, 0.1) is 0 Å². The Kier molecular flexibility index (Phi) is 49.0. The van der Waals surface area contributed by atoms with Gasteiger partial charge in [0.2, 0.25) is 0 Å². The molecule has 0 radical (unpaired) electrons. The molecule has 0 fully saturated rings. The molecule has 0 saturated heterocycles. The van der Waals surface area contributed by atoms with Crippen molar-refractivity contribution in [3.8, 4) is 0 Å². The molecule has 6 heteroatoms. The molecule has 0 spiro atoms. The van der Waals surface area contributed by atoms with E-state index in [1.807, 2.05) is 6.08 Å². The molecule has 0 saturated carbocycles. The zero-order valence-electron chi connectivity index (χ0n) is 41.5. The monoisotopic (exact) mass is 889 g/mol. The first-order valence-electron chi connectivity index (χ1n) is 26.2. The third kappa shape index (κ3) is 49.3. The third-order valence-corrected chi connectivity index (χ3v) is 10.8. The molecule has 0 aromatic heterocycles. The summed E-state index contributed by atoms with van der Waals surface area (Å²) in [6.45, 7) is 6.33. The summed E-state index contributed by atoms with van der Waals surface area (Å²) in [6, 6.07) is 0. The predicted molar refractivity (Wildman–Crippen MR) is 274 cm³/mol. The van der Waals surface area contributed by atoms with Gasteiger partial charge >= 0.3 is 17.9 Å². The molecule has 364 valence electrons. The fourth-order valence-corrected chi connectivity index (χ4v) is 6.93. The highest BCUT2D eigenvalue weighted by atomic mass is 16.6. The lowest BCUT2D eigenvalue weighted by atomic mass is 10.1. The number of unbranched alkanes of at least 4 members (excludes halogenated alkanes) is 19. The van der Waals surface area contributed by atoms with Crippen molar-refractivity contribution >= 4 is 17.9 Å². The third-order valence-electron chi connectivity index (χ3n) is 10.8. The van der Waals surface area contributed by atoms with Crippen LogP contribution in [0.5, 0.6) is 0 Å². The van der Waals surface area contributed by atoms with E-state index in [-0.39, 0.29) is 37.5 Å². The lowest BCUT2D eigenvalue weighted by molar-refractivity contribution is -0.166. The molecule has 0 bridgehead atoms. The second kappa shape index (κ2) is 52.0. The van der Waals surface area contributed by atoms with Gasteiger partial charge in [-0.15, -0.1) is 0 Å². The Balaban J connectivity index is 4.46. The predicted octanol–water partition coefficient (Wildman–Crippen LogP) is 17.4. The molecular weight excluding hydrogens is 793 g/mol. The first-order chi connectivity index (χ1) is 31.5. The van der Waals surface area contributed by atoms with Crippen molar-refractivity contribution in [3.05, 3.63) is 97.2 Å². The molecule has 0 N–H and O–H groups in total. The van der Waals surface area contributed by atoms with E-state index in [0.717, 1.165) is 109 Å². The molecule has 0 aromatic carbocycles. The Hall–Kier alpha value is -3.67. The van der Waals surface area contributed by atoms with Crippen molar-refractivity contribution in [1.29, 1.82) is 0 Å². The Bertz CT molecular complexity index is 1300. The van der Waals surface area contributed by atoms with Crippen LogP contribution >= 0.6 is 0 Å². The van der Waals surface area contributed by atoms with Crippen molar-refractivity contribution < 1.29 is 28.6 Å². The quantitative estimate of drug-likeness (QED) is 0.0262. The highest BCUT2D eigenvalue weighted by Gasteiger charge is 2.19. The Morgan fingerprint density at radius 2 is 0.641 bits per heavy atom. The van der Waals surface area contributed by atoms with E-state index < -0.39 is 6.10 Å². The Morgan fingerprint density at radius 1 is 0.328 bits per heavy atom. The van der Waals surface area contributed by atoms with Crippen molar-refractivity contribution in [1.82, 2.24) is 0 Å². The highest BCUT2D eigenvalue weighted by molar-refractivity contribution is 5.71. The van der Waals surface area contributed by atoms with E-state index in [0.29, 0.717) is 19.3 Å². The second-order valence-corrected chi connectivity index (χ2v) is 17.0. The average Bonchev–Trinajstić information content (AvgIpc) is 3.29. The Morgan fingerprint density at radius 3 is 1.05 bits per heavy atom. The maximum absolute atomic E-state index is 12.8. The minimum absolute atomic E-state index is 0.106. The molecule has 0 aromatic rings. The first kappa shape index (κ1) is 60.3. The molecule has 6 nitrogen and oxygen atoms in total. The fourth-order valence-electron chi connectivity index (χ4n) is 6.93. The van der Waals surface area contributed by atoms with Gasteiger partial charge < -0.3 is 14.2 Å². The lowest BCUT2D eigenvalue weighted by Crippen LogP contribution is -2.30. The van der Waals surface area contributed by atoms with E-state index in [2.05, 4.69) is 112 Å². The minimum atomic E-state index is -0.811. The second-order valence-electron chi connectivity index (χ2n) is 17.0. The van der Waals surface area contributed by atoms with Gasteiger partial charge in [-0.3, -0.25) is 14.4 Å². The Labute approximate surface area is 394 Å². The maximum atomic E-state index is 12.8. The molecule has 1 atom stereocenters. The smallest absolute Gasteiger partial charge is 0.306 e. The van der Waals surface area contributed by atoms with Gasteiger partial charge in [0.25, 0.3) is 0 Å². The van der Waals surface area contributed by atoms with Crippen molar-refractivity contribution in [2.24, 2.45) is 0 Å². The van der Waals surface area contributed by atoms with Crippen LogP contribution in [0.3, 0.4) is 0 Å². The van der Waals surface area contributed by atoms with Crippen molar-refractivity contribution in [3.63, 3.8) is 0 Å². The van der Waals surface area contributed by atoms with E-state index in [1.54, 1.807) is 0 Å². The summed E-state index contributed by atoms with van der Waals surface area (Å²) in [5, 5.41) is 0. The maximum Gasteiger partial charge on any atom is 0.306 e. The topological polar surface area (TPSA) is 78.9 Å². The van der Waals surface area contributed by atoms with Crippen LogP contribution in [0.15, 0.2) is 97.2 Å². The summed E-state index contributed by atoms with van der Waals surface area (Å²) in [6.07, 6.45) is 68.3. The van der Waals surface area contributed by atoms with Crippen molar-refractivity contribution in [2.45, 2.75) is 239 Å². The summed E-state index contributed by atoms with van der Waals surface area (Å²) in [5.74, 6) is -1.00. The van der Waals surface area contributed by atoms with Crippen LogP contribution in [0.4, 0.5) is 0 Å². The van der Waals surface area contributed by atoms with Crippen LogP contribution in [0, 0.1) is 0 Å². The van der Waals surface area contributed by atoms with E-state index in [1.165, 1.54) is 77.0 Å². The molecule has 0 aliphatic rings. The van der Waals surface area contributed by atoms with Crippen LogP contribution < -0.4 is 0 Å². The van der Waals surface area contributed by atoms with Crippen LogP contribution in [0.25, 0.3) is 0 Å². The first-order valence-corrected chi connectivity index (χ1v) is 26.2. The number of ether oxygens (including phenoxy) is 3. The van der Waals surface area contributed by atoms with E-state index >= 15 is 0 Å². The van der Waals surface area contributed by atoms with Gasteiger partial charge in [0, 0.05) is 19.3 Å². The molecule has 0 aliphatic carbocycles. The molecule has 64 heavy (non-hydrogen) atoms. The number of carbonyl (C=O) groups excluding carboxylic acids is 3. The van der Waals surface area contributed by atoms with Gasteiger partial charge in [-0.05, 0) is 103 Å². The number of hydrogen-bond donors (Lipinski definition) is 0. The van der Waals surface area contributed by atoms with Crippen LogP contribution in [-0.4, -0.2) is 37.2 Å². The summed E-state index contributed by atoms with van der Waals surface area (Å²) in [4.78, 5) is 38.0. The van der Waals surface area contributed by atoms with Gasteiger partial charge in [-0.1, -0.05) is 208 Å². The summed E-state index contributed by atoms with van der Waals surface area (Å²) in [5.41, 5.74) is 0. The molecular formula is C58H96O6. The minimum Gasteiger partial charge on any atom is -0.462 e. The van der Waals surface area contributed by atoms with E-state index in [4.69, 9.17) is 14.2 Å². The average molecular weight is 889 g/mol. The number of carbonyl (C=O) groups is 3. The van der Waals surface area contributed by atoms with Crippen LogP contribution in [0.2, 0.25) is 0 Å². The molecule has 0 heterocycles. The number of allylic oxidation sites excluding steroid dienone is 16. The van der Waals surface area contributed by atoms with Gasteiger partial charge in [-0.2, -0.15) is 0 Å². The largest absolute Gasteiger partial charge is 0.462 e. The summed E-state index contributed by atoms with van der Waals surface area (Å²) < 4.78 is 16.7. The normalized spacial score (nSPS) is 12.9. The molecule has 0 aliphatic heterocycles. The van der Waals surface area contributed by atoms with Gasteiger partial charge in [0.1, 0.15) is 13.2 Å². The number of rotatable bonds is 46. The lowest BCUT2D eigenvalue weighted by Gasteiger charge is -2.18. The van der Waals surface area contributed by atoms with Gasteiger partial charge in [0.15, 0.2) is 6.10 Å². The molecule has 1 unspecified atom stereocenters.